The second-order valence-corrected chi connectivity index (χ2v) is 5.18. The molecule has 1 aromatic heterocycles. The van der Waals surface area contributed by atoms with Crippen molar-refractivity contribution in [1.82, 2.24) is 15.1 Å². The molecule has 4 heteroatoms. The van der Waals surface area contributed by atoms with Crippen molar-refractivity contribution in [2.75, 3.05) is 13.1 Å². The highest BCUT2D eigenvalue weighted by Gasteiger charge is 2.15. The highest BCUT2D eigenvalue weighted by atomic mass is 16.5. The van der Waals surface area contributed by atoms with E-state index in [2.05, 4.69) is 23.4 Å². The van der Waals surface area contributed by atoms with Gasteiger partial charge < -0.3 is 10.1 Å². The van der Waals surface area contributed by atoms with Gasteiger partial charge in [-0.15, -0.1) is 0 Å². The molecule has 0 amide bonds. The van der Waals surface area contributed by atoms with Crippen LogP contribution in [0.5, 0.6) is 11.5 Å². The highest BCUT2D eigenvalue weighted by Crippen LogP contribution is 2.22. The molecule has 1 N–H and O–H groups in total. The summed E-state index contributed by atoms with van der Waals surface area (Å²) in [6.45, 7) is 5.24. The number of aryl methyl sites for hydroxylation is 1. The van der Waals surface area contributed by atoms with E-state index in [1.807, 2.05) is 29.1 Å². The summed E-state index contributed by atoms with van der Waals surface area (Å²) in [5.41, 5.74) is 1.20. The predicted molar refractivity (Wildman–Crippen MR) is 74.5 cm³/mol. The maximum atomic E-state index is 5.81. The van der Waals surface area contributed by atoms with Crippen LogP contribution in [0.2, 0.25) is 0 Å². The van der Waals surface area contributed by atoms with E-state index >= 15 is 0 Å². The van der Waals surface area contributed by atoms with E-state index < -0.39 is 0 Å². The third kappa shape index (κ3) is 3.15. The van der Waals surface area contributed by atoms with E-state index in [0.717, 1.165) is 31.1 Å². The molecule has 0 radical (unpaired) electrons. The van der Waals surface area contributed by atoms with E-state index in [1.54, 1.807) is 6.20 Å². The molecule has 1 fully saturated rings. The first-order valence-corrected chi connectivity index (χ1v) is 6.77. The molecule has 4 nitrogen and oxygen atoms in total. The number of aromatic nitrogens is 2. The Kier molecular flexibility index (Phi) is 3.51. The average Bonchev–Trinajstić information content (AvgIpc) is 3.02. The van der Waals surface area contributed by atoms with Crippen LogP contribution in [0, 0.1) is 12.8 Å². The molecular weight excluding hydrogens is 238 g/mol. The van der Waals surface area contributed by atoms with Gasteiger partial charge in [0.1, 0.15) is 5.75 Å². The largest absolute Gasteiger partial charge is 0.454 e. The molecule has 2 aromatic rings. The zero-order chi connectivity index (χ0) is 13.1. The van der Waals surface area contributed by atoms with Crippen LogP contribution in [-0.4, -0.2) is 22.9 Å². The van der Waals surface area contributed by atoms with E-state index in [9.17, 15) is 0 Å². The zero-order valence-corrected chi connectivity index (χ0v) is 11.2. The van der Waals surface area contributed by atoms with Gasteiger partial charge >= 0.3 is 0 Å². The molecule has 0 saturated carbocycles. The molecule has 0 bridgehead atoms. The Balaban J connectivity index is 1.64. The van der Waals surface area contributed by atoms with Crippen molar-refractivity contribution in [3.05, 3.63) is 42.2 Å². The Morgan fingerprint density at radius 3 is 3.16 bits per heavy atom. The van der Waals surface area contributed by atoms with E-state index in [1.165, 1.54) is 12.0 Å². The lowest BCUT2D eigenvalue weighted by Crippen LogP contribution is -2.14. The van der Waals surface area contributed by atoms with Gasteiger partial charge in [-0.2, -0.15) is 5.10 Å². The lowest BCUT2D eigenvalue weighted by atomic mass is 10.1. The lowest BCUT2D eigenvalue weighted by Gasteiger charge is -2.07. The Morgan fingerprint density at radius 1 is 1.42 bits per heavy atom. The van der Waals surface area contributed by atoms with Crippen LogP contribution in [0.4, 0.5) is 0 Å². The van der Waals surface area contributed by atoms with Gasteiger partial charge in [-0.05, 0) is 50.0 Å². The van der Waals surface area contributed by atoms with Gasteiger partial charge in [-0.1, -0.05) is 12.1 Å². The number of hydrogen-bond acceptors (Lipinski definition) is 3. The third-order valence-electron chi connectivity index (χ3n) is 3.44. The van der Waals surface area contributed by atoms with Crippen LogP contribution in [0.25, 0.3) is 0 Å². The van der Waals surface area contributed by atoms with Gasteiger partial charge in [0.05, 0.1) is 12.4 Å². The number of hydrogen-bond donors (Lipinski definition) is 1. The molecule has 1 saturated heterocycles. The second-order valence-electron chi connectivity index (χ2n) is 5.18. The van der Waals surface area contributed by atoms with Crippen LogP contribution in [0.3, 0.4) is 0 Å². The number of nitrogens with one attached hydrogen (secondary N) is 1. The topological polar surface area (TPSA) is 39.1 Å². The van der Waals surface area contributed by atoms with Gasteiger partial charge in [0.15, 0.2) is 5.75 Å². The second kappa shape index (κ2) is 5.45. The van der Waals surface area contributed by atoms with Crippen LogP contribution in [0.15, 0.2) is 36.7 Å². The fraction of sp³-hybridized carbons (Fsp3) is 0.400. The minimum Gasteiger partial charge on any atom is -0.454 e. The number of ether oxygens (including phenoxy) is 1. The summed E-state index contributed by atoms with van der Waals surface area (Å²) in [6, 6.07) is 8.05. The van der Waals surface area contributed by atoms with Crippen molar-refractivity contribution in [2.24, 2.45) is 5.92 Å². The number of rotatable bonds is 4. The first-order chi connectivity index (χ1) is 9.29. The monoisotopic (exact) mass is 257 g/mol. The van der Waals surface area contributed by atoms with Crippen molar-refractivity contribution < 1.29 is 4.74 Å². The quantitative estimate of drug-likeness (QED) is 0.915. The van der Waals surface area contributed by atoms with Crippen molar-refractivity contribution in [1.29, 1.82) is 0 Å². The molecule has 3 rings (SSSR count). The summed E-state index contributed by atoms with van der Waals surface area (Å²) in [5, 5.41) is 7.74. The zero-order valence-electron chi connectivity index (χ0n) is 11.2. The highest BCUT2D eigenvalue weighted by molar-refractivity contribution is 5.31. The fourth-order valence-corrected chi connectivity index (χ4v) is 2.45. The van der Waals surface area contributed by atoms with Gasteiger partial charge in [-0.25, -0.2) is 0 Å². The Bertz CT molecular complexity index is 544. The molecule has 0 spiro atoms. The van der Waals surface area contributed by atoms with Crippen LogP contribution in [0.1, 0.15) is 12.0 Å². The first kappa shape index (κ1) is 12.2. The number of benzene rings is 1. The van der Waals surface area contributed by atoms with Crippen molar-refractivity contribution in [3.63, 3.8) is 0 Å². The summed E-state index contributed by atoms with van der Waals surface area (Å²) in [6.07, 6.45) is 4.99. The first-order valence-electron chi connectivity index (χ1n) is 6.77. The molecule has 1 aromatic carbocycles. The van der Waals surface area contributed by atoms with Gasteiger partial charge in [0.25, 0.3) is 0 Å². The van der Waals surface area contributed by atoms with Gasteiger partial charge in [0.2, 0.25) is 0 Å². The van der Waals surface area contributed by atoms with E-state index in [4.69, 9.17) is 4.74 Å². The smallest absolute Gasteiger partial charge is 0.165 e. The minimum atomic E-state index is 0.687. The molecule has 0 aliphatic carbocycles. The maximum absolute atomic E-state index is 5.81. The van der Waals surface area contributed by atoms with Crippen LogP contribution in [-0.2, 0) is 6.54 Å². The number of nitrogens with zero attached hydrogens (tertiary/aromatic N) is 2. The van der Waals surface area contributed by atoms with E-state index in [0.29, 0.717) is 5.92 Å². The Labute approximate surface area is 113 Å². The normalized spacial score (nSPS) is 18.7. The molecule has 100 valence electrons. The van der Waals surface area contributed by atoms with E-state index in [-0.39, 0.29) is 0 Å². The Morgan fingerprint density at radius 2 is 2.37 bits per heavy atom. The maximum Gasteiger partial charge on any atom is 0.165 e. The standard InChI is InChI=1S/C15H19N3O/c1-12-3-2-4-14(7-12)19-15-9-17-18(11-15)10-13-5-6-16-8-13/h2-4,7,9,11,13,16H,5-6,8,10H2,1H3. The molecule has 19 heavy (non-hydrogen) atoms. The SMILES string of the molecule is Cc1cccc(Oc2cnn(CC3CCNC3)c2)c1. The Hall–Kier alpha value is -1.81. The van der Waals surface area contributed by atoms with Crippen molar-refractivity contribution in [2.45, 2.75) is 19.9 Å². The summed E-state index contributed by atoms with van der Waals surface area (Å²) in [7, 11) is 0. The van der Waals surface area contributed by atoms with Crippen LogP contribution >= 0.6 is 0 Å². The van der Waals surface area contributed by atoms with Crippen LogP contribution < -0.4 is 10.1 Å². The molecule has 2 heterocycles. The van der Waals surface area contributed by atoms with Crippen molar-refractivity contribution >= 4 is 0 Å². The summed E-state index contributed by atoms with van der Waals surface area (Å²) >= 11 is 0. The molecule has 1 aliphatic heterocycles. The molecule has 1 aliphatic rings. The summed E-state index contributed by atoms with van der Waals surface area (Å²) < 4.78 is 7.78. The summed E-state index contributed by atoms with van der Waals surface area (Å²) in [5.74, 6) is 2.35. The van der Waals surface area contributed by atoms with Gasteiger partial charge in [-0.3, -0.25) is 4.68 Å². The molecular formula is C15H19N3O. The molecule has 1 unspecified atom stereocenters. The van der Waals surface area contributed by atoms with Gasteiger partial charge in [0, 0.05) is 6.54 Å². The third-order valence-corrected chi connectivity index (χ3v) is 3.44. The average molecular weight is 257 g/mol. The fourth-order valence-electron chi connectivity index (χ4n) is 2.45. The predicted octanol–water partition coefficient (Wildman–Crippen LogP) is 2.59. The summed E-state index contributed by atoms with van der Waals surface area (Å²) in [4.78, 5) is 0. The minimum absolute atomic E-state index is 0.687. The molecule has 1 atom stereocenters. The lowest BCUT2D eigenvalue weighted by molar-refractivity contribution is 0.444. The van der Waals surface area contributed by atoms with Crippen molar-refractivity contribution in [3.8, 4) is 11.5 Å².